The first-order chi connectivity index (χ1) is 24.2. The van der Waals surface area contributed by atoms with Crippen LogP contribution in [0, 0.1) is 0 Å². The Kier molecular flexibility index (Phi) is 10.5. The summed E-state index contributed by atoms with van der Waals surface area (Å²) in [6.07, 6.45) is 11.4. The van der Waals surface area contributed by atoms with Gasteiger partial charge in [0, 0.05) is 36.8 Å². The van der Waals surface area contributed by atoms with Gasteiger partial charge in [-0.05, 0) is 78.6 Å². The van der Waals surface area contributed by atoms with Gasteiger partial charge in [-0.15, -0.1) is 0 Å². The largest absolute Gasteiger partial charge is 0.466 e. The third kappa shape index (κ3) is 7.37. The number of nitrogens with one attached hydrogen (secondary N) is 2. The number of hydrogen-bond acceptors (Lipinski definition) is 5. The third-order valence-corrected chi connectivity index (χ3v) is 10.2. The Morgan fingerprint density at radius 2 is 1.60 bits per heavy atom. The van der Waals surface area contributed by atoms with Crippen LogP contribution in [0.1, 0.15) is 85.2 Å². The predicted octanol–water partition coefficient (Wildman–Crippen LogP) is 7.31. The highest BCUT2D eigenvalue weighted by Gasteiger charge is 2.43. The van der Waals surface area contributed by atoms with Gasteiger partial charge in [-0.3, -0.25) is 14.4 Å². The second-order valence-corrected chi connectivity index (χ2v) is 13.7. The van der Waals surface area contributed by atoms with Gasteiger partial charge in [-0.1, -0.05) is 80.6 Å². The van der Waals surface area contributed by atoms with Crippen LogP contribution in [0.4, 0.5) is 5.69 Å². The number of nitrogens with zero attached hydrogens (tertiary/aromatic N) is 2. The van der Waals surface area contributed by atoms with Crippen molar-refractivity contribution in [3.63, 3.8) is 0 Å². The minimum absolute atomic E-state index is 0.0294. The molecule has 0 radical (unpaired) electrons. The summed E-state index contributed by atoms with van der Waals surface area (Å²) in [6.45, 7) is 0.148. The fourth-order valence-electron chi connectivity index (χ4n) is 7.51. The fourth-order valence-corrected chi connectivity index (χ4v) is 7.51. The van der Waals surface area contributed by atoms with E-state index < -0.39 is 11.5 Å². The highest BCUT2D eigenvalue weighted by molar-refractivity contribution is 6.06. The Labute approximate surface area is 293 Å². The van der Waals surface area contributed by atoms with Crippen molar-refractivity contribution in [1.29, 1.82) is 0 Å². The number of methoxy groups -OCH3 is 1. The molecule has 1 aromatic heterocycles. The smallest absolute Gasteiger partial charge is 0.330 e. The predicted molar refractivity (Wildman–Crippen MR) is 197 cm³/mol. The monoisotopic (exact) mass is 674 g/mol. The molecule has 2 fully saturated rings. The second kappa shape index (κ2) is 15.2. The zero-order valence-corrected chi connectivity index (χ0v) is 29.2. The molecule has 2 aliphatic carbocycles. The van der Waals surface area contributed by atoms with Crippen molar-refractivity contribution in [2.24, 2.45) is 0 Å². The van der Waals surface area contributed by atoms with Gasteiger partial charge < -0.3 is 24.8 Å². The van der Waals surface area contributed by atoms with Crippen molar-refractivity contribution >= 4 is 46.4 Å². The molecule has 260 valence electrons. The summed E-state index contributed by atoms with van der Waals surface area (Å²) in [6, 6.07) is 23.2. The molecule has 0 bridgehead atoms. The molecule has 2 N–H and O–H groups in total. The van der Waals surface area contributed by atoms with Crippen LogP contribution in [-0.4, -0.2) is 59.9 Å². The summed E-state index contributed by atoms with van der Waals surface area (Å²) < 4.78 is 6.74. The Balaban J connectivity index is 1.33. The number of likely N-dealkylation sites (N-methyl/N-ethyl adjacent to an activating group) is 1. The molecule has 0 atom stereocenters. The highest BCUT2D eigenvalue weighted by Crippen LogP contribution is 2.44. The first-order valence-corrected chi connectivity index (χ1v) is 17.6. The number of aromatic nitrogens is 1. The lowest BCUT2D eigenvalue weighted by molar-refractivity contribution is -0.134. The van der Waals surface area contributed by atoms with Gasteiger partial charge in [0.05, 0.1) is 18.3 Å². The van der Waals surface area contributed by atoms with Gasteiger partial charge >= 0.3 is 5.97 Å². The molecule has 50 heavy (non-hydrogen) atoms. The van der Waals surface area contributed by atoms with E-state index in [4.69, 9.17) is 0 Å². The lowest BCUT2D eigenvalue weighted by atomic mass is 9.81. The second-order valence-electron chi connectivity index (χ2n) is 13.7. The van der Waals surface area contributed by atoms with E-state index in [2.05, 4.69) is 32.1 Å². The number of anilines is 1. The van der Waals surface area contributed by atoms with Gasteiger partial charge in [0.1, 0.15) is 12.1 Å². The van der Waals surface area contributed by atoms with Gasteiger partial charge in [0.15, 0.2) is 0 Å². The summed E-state index contributed by atoms with van der Waals surface area (Å²) in [5.74, 6) is -0.692. The Morgan fingerprint density at radius 3 is 2.26 bits per heavy atom. The molecule has 3 aromatic carbocycles. The zero-order chi connectivity index (χ0) is 35.3. The van der Waals surface area contributed by atoms with E-state index in [1.54, 1.807) is 49.3 Å². The third-order valence-electron chi connectivity index (χ3n) is 10.2. The van der Waals surface area contributed by atoms with Crippen LogP contribution < -0.4 is 10.6 Å². The van der Waals surface area contributed by atoms with Crippen LogP contribution in [0.2, 0.25) is 0 Å². The Bertz CT molecular complexity index is 1900. The van der Waals surface area contributed by atoms with Crippen molar-refractivity contribution in [2.45, 2.75) is 75.8 Å². The molecule has 2 aliphatic rings. The van der Waals surface area contributed by atoms with E-state index >= 15 is 0 Å². The molecule has 0 unspecified atom stereocenters. The number of hydrogen-bond donors (Lipinski definition) is 2. The van der Waals surface area contributed by atoms with Crippen molar-refractivity contribution in [3.05, 3.63) is 95.6 Å². The average Bonchev–Trinajstić information content (AvgIpc) is 3.75. The van der Waals surface area contributed by atoms with Crippen LogP contribution in [-0.2, 0) is 25.7 Å². The van der Waals surface area contributed by atoms with Gasteiger partial charge in [0.2, 0.25) is 11.8 Å². The first kappa shape index (κ1) is 34.7. The van der Waals surface area contributed by atoms with Crippen LogP contribution >= 0.6 is 0 Å². The molecule has 0 saturated heterocycles. The van der Waals surface area contributed by atoms with Crippen molar-refractivity contribution in [3.8, 4) is 11.3 Å². The van der Waals surface area contributed by atoms with Crippen molar-refractivity contribution < 1.29 is 23.9 Å². The molecule has 1 heterocycles. The van der Waals surface area contributed by atoms with Gasteiger partial charge in [-0.25, -0.2) is 4.79 Å². The Hall–Kier alpha value is -5.18. The van der Waals surface area contributed by atoms with Crippen LogP contribution in [0.25, 0.3) is 28.2 Å². The maximum Gasteiger partial charge on any atom is 0.330 e. The van der Waals surface area contributed by atoms with Crippen molar-refractivity contribution in [2.75, 3.05) is 26.5 Å². The molecular weight excluding hydrogens is 628 g/mol. The number of carbonyl (C=O) groups is 4. The summed E-state index contributed by atoms with van der Waals surface area (Å²) in [5, 5.41) is 7.21. The number of carbonyl (C=O) groups excluding carboxylic acids is 4. The quantitative estimate of drug-likeness (QED) is 0.135. The van der Waals surface area contributed by atoms with Crippen molar-refractivity contribution in [1.82, 2.24) is 14.8 Å². The SMILES string of the molecule is COC(=O)/C=C/c1ccc(NC(=O)C2(NC(=O)c3ccc4c(C5CCCCC5)c(-c5ccccc5)n(CC(=O)N(C)C)c4c3)CCCC2)cc1. The summed E-state index contributed by atoms with van der Waals surface area (Å²) in [7, 11) is 4.85. The average molecular weight is 675 g/mol. The molecule has 9 nitrogen and oxygen atoms in total. The summed E-state index contributed by atoms with van der Waals surface area (Å²) in [4.78, 5) is 54.3. The van der Waals surface area contributed by atoms with Crippen LogP contribution in [0.5, 0.6) is 0 Å². The molecule has 3 amide bonds. The molecule has 6 rings (SSSR count). The maximum absolute atomic E-state index is 14.1. The summed E-state index contributed by atoms with van der Waals surface area (Å²) >= 11 is 0. The number of fused-ring (bicyclic) bond motifs is 1. The number of rotatable bonds is 10. The number of benzene rings is 3. The maximum atomic E-state index is 14.1. The van der Waals surface area contributed by atoms with E-state index in [-0.39, 0.29) is 24.3 Å². The minimum atomic E-state index is -1.05. The number of esters is 1. The molecule has 4 aromatic rings. The molecule has 9 heteroatoms. The van der Waals surface area contributed by atoms with E-state index in [9.17, 15) is 19.2 Å². The number of amides is 3. The lowest BCUT2D eigenvalue weighted by Gasteiger charge is -2.29. The molecule has 0 aliphatic heterocycles. The van der Waals surface area contributed by atoms with Gasteiger partial charge in [-0.2, -0.15) is 0 Å². The molecular formula is C41H46N4O5. The van der Waals surface area contributed by atoms with Gasteiger partial charge in [0.25, 0.3) is 5.91 Å². The molecule has 0 spiro atoms. The van der Waals surface area contributed by atoms with Crippen LogP contribution in [0.3, 0.4) is 0 Å². The van der Waals surface area contributed by atoms with E-state index in [1.165, 1.54) is 38.0 Å². The van der Waals surface area contributed by atoms with E-state index in [1.807, 2.05) is 36.4 Å². The van der Waals surface area contributed by atoms with E-state index in [0.717, 1.165) is 53.4 Å². The standard InChI is InChI=1S/C41H46N4O5/c1-44(2)35(46)27-45-34-26-31(19-22-33(34)37(29-12-6-4-7-13-29)38(45)30-14-8-5-9-15-30)39(48)43-41(24-10-11-25-41)40(49)42-32-20-16-28(17-21-32)18-23-36(47)50-3/h5,8-9,14-23,26,29H,4,6-7,10-13,24-25,27H2,1-3H3,(H,42,49)(H,43,48)/b23-18+. The fraction of sp³-hybridized carbons (Fsp3) is 0.366. The van der Waals surface area contributed by atoms with Crippen LogP contribution in [0.15, 0.2) is 78.9 Å². The summed E-state index contributed by atoms with van der Waals surface area (Å²) in [5.41, 5.74) is 4.96. The first-order valence-electron chi connectivity index (χ1n) is 17.6. The number of ether oxygens (including phenoxy) is 1. The highest BCUT2D eigenvalue weighted by atomic mass is 16.5. The lowest BCUT2D eigenvalue weighted by Crippen LogP contribution is -2.55. The Morgan fingerprint density at radius 1 is 0.900 bits per heavy atom. The topological polar surface area (TPSA) is 110 Å². The normalized spacial score (nSPS) is 16.0. The van der Waals surface area contributed by atoms with E-state index in [0.29, 0.717) is 30.0 Å². The zero-order valence-electron chi connectivity index (χ0n) is 29.2. The minimum Gasteiger partial charge on any atom is -0.466 e. The molecule has 2 saturated carbocycles.